The predicted octanol–water partition coefficient (Wildman–Crippen LogP) is -0.114. The number of amides is 1. The summed E-state index contributed by atoms with van der Waals surface area (Å²) in [5.41, 5.74) is 13.1. The van der Waals surface area contributed by atoms with Gasteiger partial charge in [0.25, 0.3) is 5.91 Å². The van der Waals surface area contributed by atoms with Gasteiger partial charge in [0.2, 0.25) is 5.55 Å². The summed E-state index contributed by atoms with van der Waals surface area (Å²) in [5, 5.41) is 13.6. The molecular formula is C11H10N4O3S. The minimum atomic E-state index is -0.706. The number of nitrogens with one attached hydrogen (secondary N) is 1. The Morgan fingerprint density at radius 1 is 1.37 bits per heavy atom. The largest absolute Gasteiger partial charge is 0.508 e. The highest BCUT2D eigenvalue weighted by atomic mass is 32.1. The van der Waals surface area contributed by atoms with Crippen LogP contribution in [0.25, 0.3) is 11.0 Å². The van der Waals surface area contributed by atoms with Crippen LogP contribution in [0.5, 0.6) is 5.75 Å². The molecule has 0 aliphatic carbocycles. The second kappa shape index (κ2) is 4.94. The van der Waals surface area contributed by atoms with Crippen molar-refractivity contribution in [2.45, 2.75) is 0 Å². The third kappa shape index (κ3) is 2.80. The summed E-state index contributed by atoms with van der Waals surface area (Å²) < 4.78 is 5.38. The second-order valence-electron chi connectivity index (χ2n) is 3.64. The summed E-state index contributed by atoms with van der Waals surface area (Å²) in [7, 11) is 0. The Hall–Kier alpha value is -2.61. The summed E-state index contributed by atoms with van der Waals surface area (Å²) in [4.78, 5) is 11.3. The maximum Gasteiger partial charge on any atom is 0.254 e. The van der Waals surface area contributed by atoms with E-state index >= 15 is 0 Å². The van der Waals surface area contributed by atoms with Crippen LogP contribution < -0.4 is 22.4 Å². The highest BCUT2D eigenvalue weighted by Crippen LogP contribution is 2.19. The molecule has 0 aliphatic rings. The molecule has 8 heteroatoms. The van der Waals surface area contributed by atoms with Crippen molar-refractivity contribution in [3.63, 3.8) is 0 Å². The third-order valence-electron chi connectivity index (χ3n) is 2.27. The van der Waals surface area contributed by atoms with Gasteiger partial charge in [0.15, 0.2) is 5.11 Å². The van der Waals surface area contributed by atoms with Crippen LogP contribution in [0, 0.1) is 0 Å². The first kappa shape index (κ1) is 12.8. The zero-order chi connectivity index (χ0) is 14.0. The number of benzene rings is 1. The van der Waals surface area contributed by atoms with Crippen LogP contribution in [0.2, 0.25) is 0 Å². The van der Waals surface area contributed by atoms with Gasteiger partial charge in [-0.3, -0.25) is 10.2 Å². The molecule has 0 fully saturated rings. The molecule has 2 rings (SSSR count). The number of hydrogen-bond acceptors (Lipinski definition) is 5. The quantitative estimate of drug-likeness (QED) is 0.448. The average molecular weight is 278 g/mol. The first-order chi connectivity index (χ1) is 8.97. The van der Waals surface area contributed by atoms with Gasteiger partial charge in [-0.05, 0) is 30.4 Å². The zero-order valence-electron chi connectivity index (χ0n) is 9.58. The lowest BCUT2D eigenvalue weighted by Gasteiger charge is -2.02. The van der Waals surface area contributed by atoms with Crippen molar-refractivity contribution in [2.75, 3.05) is 0 Å². The number of phenols is 1. The molecule has 1 amide bonds. The van der Waals surface area contributed by atoms with Crippen molar-refractivity contribution < 1.29 is 14.3 Å². The highest BCUT2D eigenvalue weighted by Gasteiger charge is 2.09. The van der Waals surface area contributed by atoms with E-state index in [0.717, 1.165) is 0 Å². The van der Waals surface area contributed by atoms with Gasteiger partial charge in [-0.1, -0.05) is 0 Å². The number of carbonyl (C=O) groups is 1. The van der Waals surface area contributed by atoms with E-state index in [2.05, 4.69) is 22.7 Å². The lowest BCUT2D eigenvalue weighted by molar-refractivity contribution is 0.0996. The number of phenolic OH excluding ortho intramolecular Hbond substituents is 1. The molecule has 0 atom stereocenters. The number of primary amides is 1. The normalized spacial score (nSPS) is 11.5. The van der Waals surface area contributed by atoms with Gasteiger partial charge in [0, 0.05) is 11.5 Å². The van der Waals surface area contributed by atoms with Crippen molar-refractivity contribution in [2.24, 2.45) is 16.6 Å². The van der Waals surface area contributed by atoms with E-state index in [9.17, 15) is 9.90 Å². The molecular weight excluding hydrogens is 268 g/mol. The SMILES string of the molecule is NC(=O)c1cc2ccc(O)cc2o/c1=N\NC(N)=S. The molecule has 0 unspecified atom stereocenters. The summed E-state index contributed by atoms with van der Waals surface area (Å²) in [6.07, 6.45) is 0. The molecule has 19 heavy (non-hydrogen) atoms. The fourth-order valence-corrected chi connectivity index (χ4v) is 1.52. The molecule has 7 nitrogen and oxygen atoms in total. The van der Waals surface area contributed by atoms with Crippen LogP contribution in [0.4, 0.5) is 0 Å². The van der Waals surface area contributed by atoms with E-state index in [0.29, 0.717) is 11.0 Å². The van der Waals surface area contributed by atoms with E-state index in [1.807, 2.05) is 0 Å². The van der Waals surface area contributed by atoms with Crippen LogP contribution in [0.1, 0.15) is 10.4 Å². The predicted molar refractivity (Wildman–Crippen MR) is 71.9 cm³/mol. The van der Waals surface area contributed by atoms with Crippen molar-refractivity contribution in [3.8, 4) is 5.75 Å². The first-order valence-electron chi connectivity index (χ1n) is 5.13. The summed E-state index contributed by atoms with van der Waals surface area (Å²) in [6.45, 7) is 0. The fourth-order valence-electron chi connectivity index (χ4n) is 1.47. The van der Waals surface area contributed by atoms with Crippen molar-refractivity contribution >= 4 is 34.2 Å². The number of nitrogens with two attached hydrogens (primary N) is 2. The number of hydrogen-bond donors (Lipinski definition) is 4. The summed E-state index contributed by atoms with van der Waals surface area (Å²) in [6, 6.07) is 5.94. The molecule has 6 N–H and O–H groups in total. The molecule has 1 aromatic heterocycles. The van der Waals surface area contributed by atoms with Gasteiger partial charge in [-0.2, -0.15) is 0 Å². The van der Waals surface area contributed by atoms with E-state index in [1.54, 1.807) is 6.07 Å². The van der Waals surface area contributed by atoms with Crippen molar-refractivity contribution in [1.29, 1.82) is 0 Å². The Labute approximate surface area is 112 Å². The molecule has 1 heterocycles. The molecule has 0 saturated carbocycles. The molecule has 1 aromatic carbocycles. The minimum Gasteiger partial charge on any atom is -0.508 e. The van der Waals surface area contributed by atoms with Gasteiger partial charge >= 0.3 is 0 Å². The van der Waals surface area contributed by atoms with Crippen LogP contribution in [0.15, 0.2) is 33.8 Å². The number of nitrogens with zero attached hydrogens (tertiary/aromatic N) is 1. The Bertz CT molecular complexity index is 738. The molecule has 2 aromatic rings. The number of thiocarbonyl (C=S) groups is 1. The molecule has 0 aliphatic heterocycles. The molecule has 0 bridgehead atoms. The van der Waals surface area contributed by atoms with E-state index in [4.69, 9.17) is 15.9 Å². The summed E-state index contributed by atoms with van der Waals surface area (Å²) in [5.74, 6) is -0.682. The van der Waals surface area contributed by atoms with Crippen LogP contribution in [0.3, 0.4) is 0 Å². The lowest BCUT2D eigenvalue weighted by atomic mass is 10.1. The number of carbonyl (C=O) groups excluding carboxylic acids is 1. The highest BCUT2D eigenvalue weighted by molar-refractivity contribution is 7.80. The van der Waals surface area contributed by atoms with Crippen molar-refractivity contribution in [1.82, 2.24) is 5.43 Å². The first-order valence-corrected chi connectivity index (χ1v) is 5.54. The maximum atomic E-state index is 11.3. The molecule has 0 spiro atoms. The minimum absolute atomic E-state index is 0.0244. The Morgan fingerprint density at radius 3 is 2.74 bits per heavy atom. The number of rotatable bonds is 2. The van der Waals surface area contributed by atoms with E-state index in [-0.39, 0.29) is 22.0 Å². The number of fused-ring (bicyclic) bond motifs is 1. The Kier molecular flexibility index (Phi) is 3.34. The zero-order valence-corrected chi connectivity index (χ0v) is 10.4. The maximum absolute atomic E-state index is 11.3. The Morgan fingerprint density at radius 2 is 2.11 bits per heavy atom. The summed E-state index contributed by atoms with van der Waals surface area (Å²) >= 11 is 4.60. The molecule has 0 saturated heterocycles. The lowest BCUT2D eigenvalue weighted by Crippen LogP contribution is -2.29. The van der Waals surface area contributed by atoms with Crippen LogP contribution >= 0.6 is 12.2 Å². The third-order valence-corrected chi connectivity index (χ3v) is 2.36. The van der Waals surface area contributed by atoms with Gasteiger partial charge in [0.1, 0.15) is 16.9 Å². The van der Waals surface area contributed by atoms with Crippen LogP contribution in [-0.4, -0.2) is 16.1 Å². The standard InChI is InChI=1S/C11H10N4O3S/c12-9(17)7-3-5-1-2-6(16)4-8(5)18-10(7)14-15-11(13)19/h1-4,16H,(H2,12,17)(H3,13,15,19)/b14-10-. The van der Waals surface area contributed by atoms with E-state index < -0.39 is 5.91 Å². The fraction of sp³-hybridized carbons (Fsp3) is 0. The van der Waals surface area contributed by atoms with Gasteiger partial charge in [-0.15, -0.1) is 5.10 Å². The Balaban J connectivity index is 2.71. The smallest absolute Gasteiger partial charge is 0.254 e. The van der Waals surface area contributed by atoms with E-state index in [1.165, 1.54) is 18.2 Å². The van der Waals surface area contributed by atoms with Crippen molar-refractivity contribution in [3.05, 3.63) is 35.4 Å². The molecule has 98 valence electrons. The van der Waals surface area contributed by atoms with Gasteiger partial charge in [0.05, 0.1) is 0 Å². The van der Waals surface area contributed by atoms with Crippen LogP contribution in [-0.2, 0) is 0 Å². The average Bonchev–Trinajstić information content (AvgIpc) is 2.34. The molecule has 0 radical (unpaired) electrons. The number of aromatic hydroxyl groups is 1. The second-order valence-corrected chi connectivity index (χ2v) is 4.08. The monoisotopic (exact) mass is 278 g/mol. The van der Waals surface area contributed by atoms with Gasteiger partial charge < -0.3 is 21.0 Å². The van der Waals surface area contributed by atoms with Gasteiger partial charge in [-0.25, -0.2) is 0 Å². The topological polar surface area (TPSA) is 127 Å².